The van der Waals surface area contributed by atoms with Crippen LogP contribution in [0.3, 0.4) is 0 Å². The number of ether oxygens (including phenoxy) is 1. The number of thiazole rings is 1. The van der Waals surface area contributed by atoms with Crippen molar-refractivity contribution in [3.05, 3.63) is 53.6 Å². The molecule has 0 aliphatic carbocycles. The summed E-state index contributed by atoms with van der Waals surface area (Å²) in [5.41, 5.74) is 5.51. The summed E-state index contributed by atoms with van der Waals surface area (Å²) < 4.78 is 8.70. The molecule has 3 heterocycles. The Kier molecular flexibility index (Phi) is 4.64. The lowest BCUT2D eigenvalue weighted by Crippen LogP contribution is -2.08. The SMILES string of the molecule is CC(C)n1nccc1-c1ncncc1COc1ccc2ncsc2c1C=O. The van der Waals surface area contributed by atoms with Gasteiger partial charge in [0, 0.05) is 24.0 Å². The second kappa shape index (κ2) is 7.24. The third kappa shape index (κ3) is 3.19. The number of carbonyl (C=O) groups excluding carboxylic acids is 1. The number of fused-ring (bicyclic) bond motifs is 1. The lowest BCUT2D eigenvalue weighted by atomic mass is 10.1. The van der Waals surface area contributed by atoms with Gasteiger partial charge < -0.3 is 4.74 Å². The third-order valence-corrected chi connectivity index (χ3v) is 5.06. The normalized spacial score (nSPS) is 11.2. The summed E-state index contributed by atoms with van der Waals surface area (Å²) in [5, 5.41) is 4.37. The number of benzene rings is 1. The van der Waals surface area contributed by atoms with Gasteiger partial charge in [-0.2, -0.15) is 5.10 Å². The van der Waals surface area contributed by atoms with Crippen molar-refractivity contribution in [2.75, 3.05) is 0 Å². The summed E-state index contributed by atoms with van der Waals surface area (Å²) in [4.78, 5) is 24.4. The van der Waals surface area contributed by atoms with Gasteiger partial charge in [-0.1, -0.05) is 0 Å². The van der Waals surface area contributed by atoms with Crippen molar-refractivity contribution in [3.8, 4) is 17.1 Å². The van der Waals surface area contributed by atoms with E-state index in [0.717, 1.165) is 33.5 Å². The number of hydrogen-bond acceptors (Lipinski definition) is 7. The lowest BCUT2D eigenvalue weighted by Gasteiger charge is -2.14. The molecular weight excluding hydrogens is 362 g/mol. The summed E-state index contributed by atoms with van der Waals surface area (Å²) in [5.74, 6) is 0.522. The largest absolute Gasteiger partial charge is 0.488 e. The highest BCUT2D eigenvalue weighted by Crippen LogP contribution is 2.30. The fourth-order valence-electron chi connectivity index (χ4n) is 2.93. The molecule has 0 saturated heterocycles. The van der Waals surface area contributed by atoms with Crippen LogP contribution in [0.5, 0.6) is 5.75 Å². The van der Waals surface area contributed by atoms with Crippen LogP contribution in [-0.4, -0.2) is 31.0 Å². The first-order valence-corrected chi connectivity index (χ1v) is 9.34. The highest BCUT2D eigenvalue weighted by molar-refractivity contribution is 7.17. The number of hydrogen-bond donors (Lipinski definition) is 0. The molecule has 0 fully saturated rings. The van der Waals surface area contributed by atoms with E-state index in [-0.39, 0.29) is 12.6 Å². The van der Waals surface area contributed by atoms with Gasteiger partial charge in [0.25, 0.3) is 0 Å². The van der Waals surface area contributed by atoms with Crippen molar-refractivity contribution in [2.24, 2.45) is 0 Å². The fraction of sp³-hybridized carbons (Fsp3) is 0.211. The number of aldehydes is 1. The second-order valence-corrected chi connectivity index (χ2v) is 7.09. The predicted octanol–water partition coefficient (Wildman–Crippen LogP) is 3.92. The second-order valence-electron chi connectivity index (χ2n) is 6.24. The number of aromatic nitrogens is 5. The Morgan fingerprint density at radius 3 is 2.96 bits per heavy atom. The number of carbonyl (C=O) groups is 1. The Labute approximate surface area is 159 Å². The molecule has 0 spiro atoms. The van der Waals surface area contributed by atoms with Gasteiger partial charge in [-0.25, -0.2) is 15.0 Å². The van der Waals surface area contributed by atoms with Gasteiger partial charge in [-0.3, -0.25) is 9.48 Å². The highest BCUT2D eigenvalue weighted by Gasteiger charge is 2.16. The summed E-state index contributed by atoms with van der Waals surface area (Å²) in [7, 11) is 0. The molecule has 3 aromatic heterocycles. The zero-order valence-electron chi connectivity index (χ0n) is 14.9. The van der Waals surface area contributed by atoms with Crippen LogP contribution in [0.1, 0.15) is 35.8 Å². The van der Waals surface area contributed by atoms with Gasteiger partial charge >= 0.3 is 0 Å². The summed E-state index contributed by atoms with van der Waals surface area (Å²) in [6, 6.07) is 5.75. The van der Waals surface area contributed by atoms with Crippen LogP contribution in [0.2, 0.25) is 0 Å². The molecule has 1 aromatic carbocycles. The first-order valence-electron chi connectivity index (χ1n) is 8.46. The van der Waals surface area contributed by atoms with E-state index < -0.39 is 0 Å². The molecule has 136 valence electrons. The summed E-state index contributed by atoms with van der Waals surface area (Å²) in [6.07, 6.45) is 5.80. The van der Waals surface area contributed by atoms with E-state index in [1.165, 1.54) is 17.7 Å². The number of nitrogens with zero attached hydrogens (tertiary/aromatic N) is 5. The van der Waals surface area contributed by atoms with Crippen LogP contribution >= 0.6 is 11.3 Å². The minimum atomic E-state index is 0.203. The van der Waals surface area contributed by atoms with Crippen LogP contribution in [0.4, 0.5) is 0 Å². The fourth-order valence-corrected chi connectivity index (χ4v) is 3.72. The van der Waals surface area contributed by atoms with Crippen molar-refractivity contribution in [1.82, 2.24) is 24.7 Å². The van der Waals surface area contributed by atoms with Crippen molar-refractivity contribution in [2.45, 2.75) is 26.5 Å². The van der Waals surface area contributed by atoms with Crippen molar-refractivity contribution < 1.29 is 9.53 Å². The molecule has 0 unspecified atom stereocenters. The van der Waals surface area contributed by atoms with Gasteiger partial charge in [0.05, 0.1) is 32.7 Å². The summed E-state index contributed by atoms with van der Waals surface area (Å²) >= 11 is 1.42. The topological polar surface area (TPSA) is 82.8 Å². The zero-order valence-corrected chi connectivity index (χ0v) is 15.7. The van der Waals surface area contributed by atoms with Gasteiger partial charge in [-0.15, -0.1) is 11.3 Å². The van der Waals surface area contributed by atoms with E-state index in [9.17, 15) is 4.79 Å². The molecule has 0 N–H and O–H groups in total. The summed E-state index contributed by atoms with van der Waals surface area (Å²) in [6.45, 7) is 4.37. The van der Waals surface area contributed by atoms with Gasteiger partial charge in [0.15, 0.2) is 6.29 Å². The van der Waals surface area contributed by atoms with E-state index in [2.05, 4.69) is 33.9 Å². The van der Waals surface area contributed by atoms with Crippen LogP contribution in [0.25, 0.3) is 21.6 Å². The molecule has 0 atom stereocenters. The van der Waals surface area contributed by atoms with Gasteiger partial charge in [-0.05, 0) is 32.0 Å². The quantitative estimate of drug-likeness (QED) is 0.472. The molecular formula is C19H17N5O2S. The molecule has 0 saturated carbocycles. The highest BCUT2D eigenvalue weighted by atomic mass is 32.1. The molecule has 7 nitrogen and oxygen atoms in total. The van der Waals surface area contributed by atoms with Crippen molar-refractivity contribution in [1.29, 1.82) is 0 Å². The van der Waals surface area contributed by atoms with Crippen molar-refractivity contribution in [3.63, 3.8) is 0 Å². The molecule has 0 aliphatic rings. The Balaban J connectivity index is 1.67. The molecule has 4 aromatic rings. The predicted molar refractivity (Wildman–Crippen MR) is 103 cm³/mol. The molecule has 0 bridgehead atoms. The van der Waals surface area contributed by atoms with E-state index >= 15 is 0 Å². The standard InChI is InChI=1S/C19H17N5O2S/c1-12(2)24-16(5-6-23-24)18-13(7-20-10-21-18)9-26-17-4-3-15-19(14(17)8-25)27-11-22-15/h3-8,10-12H,9H2,1-2H3. The molecule has 27 heavy (non-hydrogen) atoms. The van der Waals surface area contributed by atoms with E-state index in [1.54, 1.807) is 24.0 Å². The first-order chi connectivity index (χ1) is 13.2. The maximum absolute atomic E-state index is 11.6. The van der Waals surface area contributed by atoms with Crippen molar-refractivity contribution >= 4 is 27.8 Å². The lowest BCUT2D eigenvalue weighted by molar-refractivity contribution is 0.112. The van der Waals surface area contributed by atoms with Crippen LogP contribution in [0.15, 0.2) is 42.4 Å². The minimum Gasteiger partial charge on any atom is -0.488 e. The molecule has 4 rings (SSSR count). The van der Waals surface area contributed by atoms with Gasteiger partial charge in [0.1, 0.15) is 18.7 Å². The Bertz CT molecular complexity index is 1100. The van der Waals surface area contributed by atoms with E-state index in [1.807, 2.05) is 16.8 Å². The third-order valence-electron chi connectivity index (χ3n) is 4.19. The zero-order chi connectivity index (χ0) is 18.8. The number of rotatable bonds is 6. The molecule has 0 aliphatic heterocycles. The first kappa shape index (κ1) is 17.3. The van der Waals surface area contributed by atoms with E-state index in [4.69, 9.17) is 4.74 Å². The smallest absolute Gasteiger partial charge is 0.155 e. The Hall–Kier alpha value is -3.13. The Morgan fingerprint density at radius 1 is 1.26 bits per heavy atom. The maximum Gasteiger partial charge on any atom is 0.155 e. The van der Waals surface area contributed by atoms with Gasteiger partial charge in [0.2, 0.25) is 0 Å². The van der Waals surface area contributed by atoms with Crippen LogP contribution in [0, 0.1) is 0 Å². The molecule has 8 heteroatoms. The van der Waals surface area contributed by atoms with Crippen LogP contribution < -0.4 is 4.74 Å². The average molecular weight is 379 g/mol. The van der Waals surface area contributed by atoms with Crippen LogP contribution in [-0.2, 0) is 6.61 Å². The van der Waals surface area contributed by atoms with E-state index in [0.29, 0.717) is 11.3 Å². The monoisotopic (exact) mass is 379 g/mol. The molecule has 0 amide bonds. The maximum atomic E-state index is 11.6. The Morgan fingerprint density at radius 2 is 2.15 bits per heavy atom. The minimum absolute atomic E-state index is 0.203. The average Bonchev–Trinajstić information content (AvgIpc) is 3.35. The molecule has 0 radical (unpaired) electrons.